The van der Waals surface area contributed by atoms with Crippen molar-refractivity contribution in [2.75, 3.05) is 14.2 Å². The quantitative estimate of drug-likeness (QED) is 0.851. The van der Waals surface area contributed by atoms with Gasteiger partial charge in [-0.2, -0.15) is 5.10 Å². The summed E-state index contributed by atoms with van der Waals surface area (Å²) in [6, 6.07) is 6.21. The lowest BCUT2D eigenvalue weighted by Gasteiger charge is -2.14. The number of hydrogen-bond donors (Lipinski definition) is 1. The standard InChI is InChI=1S/C16H23N3O2/c1-5-19-11-14(10-18-19)12(2)17-9-13-6-7-15(20-3)16(8-13)21-4/h6-8,10-12,17H,5,9H2,1-4H3. The zero-order chi connectivity index (χ0) is 15.2. The third-order valence-electron chi connectivity index (χ3n) is 3.54. The average molecular weight is 289 g/mol. The number of aromatic nitrogens is 2. The minimum Gasteiger partial charge on any atom is -0.493 e. The Morgan fingerprint density at radius 1 is 1.24 bits per heavy atom. The Morgan fingerprint density at radius 2 is 2.00 bits per heavy atom. The second-order valence-corrected chi connectivity index (χ2v) is 4.92. The fourth-order valence-electron chi connectivity index (χ4n) is 2.16. The van der Waals surface area contributed by atoms with Gasteiger partial charge in [0.05, 0.1) is 20.4 Å². The van der Waals surface area contributed by atoms with E-state index in [1.807, 2.05) is 29.1 Å². The van der Waals surface area contributed by atoms with Crippen LogP contribution in [0.25, 0.3) is 0 Å². The van der Waals surface area contributed by atoms with E-state index in [1.54, 1.807) is 14.2 Å². The summed E-state index contributed by atoms with van der Waals surface area (Å²) >= 11 is 0. The summed E-state index contributed by atoms with van der Waals surface area (Å²) in [5.74, 6) is 1.50. The van der Waals surface area contributed by atoms with E-state index >= 15 is 0 Å². The van der Waals surface area contributed by atoms with E-state index in [1.165, 1.54) is 5.56 Å². The van der Waals surface area contributed by atoms with Crippen molar-refractivity contribution < 1.29 is 9.47 Å². The average Bonchev–Trinajstić information content (AvgIpc) is 3.01. The molecule has 0 aliphatic rings. The molecule has 0 spiro atoms. The van der Waals surface area contributed by atoms with Gasteiger partial charge in [-0.25, -0.2) is 0 Å². The molecule has 0 amide bonds. The Bertz CT molecular complexity index is 581. The minimum atomic E-state index is 0.249. The van der Waals surface area contributed by atoms with Gasteiger partial charge in [-0.05, 0) is 31.5 Å². The van der Waals surface area contributed by atoms with Crippen LogP contribution < -0.4 is 14.8 Å². The summed E-state index contributed by atoms with van der Waals surface area (Å²) in [7, 11) is 3.29. The minimum absolute atomic E-state index is 0.249. The molecule has 5 heteroatoms. The lowest BCUT2D eigenvalue weighted by molar-refractivity contribution is 0.354. The zero-order valence-electron chi connectivity index (χ0n) is 13.1. The highest BCUT2D eigenvalue weighted by Gasteiger charge is 2.09. The molecule has 0 aliphatic heterocycles. The predicted octanol–water partition coefficient (Wildman–Crippen LogP) is 2.77. The molecule has 2 rings (SSSR count). The van der Waals surface area contributed by atoms with Crippen molar-refractivity contribution in [2.24, 2.45) is 0 Å². The molecule has 1 aromatic heterocycles. The van der Waals surface area contributed by atoms with Gasteiger partial charge >= 0.3 is 0 Å². The fourth-order valence-corrected chi connectivity index (χ4v) is 2.16. The SMILES string of the molecule is CCn1cc(C(C)NCc2ccc(OC)c(OC)c2)cn1. The van der Waals surface area contributed by atoms with Crippen LogP contribution >= 0.6 is 0 Å². The summed E-state index contributed by atoms with van der Waals surface area (Å²) in [5.41, 5.74) is 2.35. The normalized spacial score (nSPS) is 12.2. The number of nitrogens with one attached hydrogen (secondary N) is 1. The highest BCUT2D eigenvalue weighted by molar-refractivity contribution is 5.42. The van der Waals surface area contributed by atoms with Crippen LogP contribution in [0, 0.1) is 0 Å². The first-order chi connectivity index (χ1) is 10.2. The second kappa shape index (κ2) is 7.13. The molecule has 0 saturated carbocycles. The third kappa shape index (κ3) is 3.76. The Balaban J connectivity index is 1.99. The van der Waals surface area contributed by atoms with Crippen molar-refractivity contribution in [3.8, 4) is 11.5 Å². The van der Waals surface area contributed by atoms with Gasteiger partial charge in [0, 0.05) is 30.9 Å². The summed E-state index contributed by atoms with van der Waals surface area (Å²) in [4.78, 5) is 0. The van der Waals surface area contributed by atoms with E-state index in [2.05, 4.69) is 30.5 Å². The van der Waals surface area contributed by atoms with Gasteiger partial charge in [-0.1, -0.05) is 6.07 Å². The highest BCUT2D eigenvalue weighted by Crippen LogP contribution is 2.27. The molecule has 0 fully saturated rings. The Hall–Kier alpha value is -2.01. The second-order valence-electron chi connectivity index (χ2n) is 4.92. The van der Waals surface area contributed by atoms with Crippen LogP contribution in [0.2, 0.25) is 0 Å². The fraction of sp³-hybridized carbons (Fsp3) is 0.438. The van der Waals surface area contributed by atoms with Crippen molar-refractivity contribution in [1.82, 2.24) is 15.1 Å². The maximum Gasteiger partial charge on any atom is 0.161 e. The first-order valence-corrected chi connectivity index (χ1v) is 7.14. The summed E-state index contributed by atoms with van der Waals surface area (Å²) in [6.07, 6.45) is 3.99. The van der Waals surface area contributed by atoms with E-state index in [0.29, 0.717) is 0 Å². The van der Waals surface area contributed by atoms with E-state index < -0.39 is 0 Å². The van der Waals surface area contributed by atoms with Crippen LogP contribution in [-0.4, -0.2) is 24.0 Å². The number of rotatable bonds is 7. The molecule has 0 saturated heterocycles. The van der Waals surface area contributed by atoms with Crippen molar-refractivity contribution in [3.05, 3.63) is 41.7 Å². The van der Waals surface area contributed by atoms with E-state index in [-0.39, 0.29) is 6.04 Å². The van der Waals surface area contributed by atoms with Gasteiger partial charge in [-0.15, -0.1) is 0 Å². The van der Waals surface area contributed by atoms with Crippen LogP contribution in [0.1, 0.15) is 31.0 Å². The molecule has 1 unspecified atom stereocenters. The molecule has 1 N–H and O–H groups in total. The van der Waals surface area contributed by atoms with Gasteiger partial charge in [-0.3, -0.25) is 4.68 Å². The van der Waals surface area contributed by atoms with Gasteiger partial charge in [0.25, 0.3) is 0 Å². The molecule has 1 aromatic carbocycles. The van der Waals surface area contributed by atoms with E-state index in [9.17, 15) is 0 Å². The lowest BCUT2D eigenvalue weighted by Crippen LogP contribution is -2.17. The Labute approximate surface area is 125 Å². The smallest absolute Gasteiger partial charge is 0.161 e. The van der Waals surface area contributed by atoms with Crippen LogP contribution in [0.4, 0.5) is 0 Å². The largest absolute Gasteiger partial charge is 0.493 e. The number of hydrogen-bond acceptors (Lipinski definition) is 4. The molecule has 0 aliphatic carbocycles. The maximum absolute atomic E-state index is 5.32. The molecule has 1 heterocycles. The van der Waals surface area contributed by atoms with Crippen molar-refractivity contribution in [1.29, 1.82) is 0 Å². The summed E-state index contributed by atoms with van der Waals surface area (Å²) in [6.45, 7) is 5.87. The maximum atomic E-state index is 5.32. The number of aryl methyl sites for hydroxylation is 1. The van der Waals surface area contributed by atoms with E-state index in [0.717, 1.165) is 30.2 Å². The van der Waals surface area contributed by atoms with Gasteiger partial charge in [0.15, 0.2) is 11.5 Å². The zero-order valence-corrected chi connectivity index (χ0v) is 13.1. The van der Waals surface area contributed by atoms with E-state index in [4.69, 9.17) is 9.47 Å². The summed E-state index contributed by atoms with van der Waals surface area (Å²) in [5, 5.41) is 7.79. The molecule has 0 bridgehead atoms. The molecule has 5 nitrogen and oxygen atoms in total. The van der Waals surface area contributed by atoms with Crippen LogP contribution in [-0.2, 0) is 13.1 Å². The topological polar surface area (TPSA) is 48.3 Å². The third-order valence-corrected chi connectivity index (χ3v) is 3.54. The molecule has 114 valence electrons. The van der Waals surface area contributed by atoms with Gasteiger partial charge in [0.2, 0.25) is 0 Å². The van der Waals surface area contributed by atoms with Crippen LogP contribution in [0.15, 0.2) is 30.6 Å². The Morgan fingerprint density at radius 3 is 2.62 bits per heavy atom. The lowest BCUT2D eigenvalue weighted by atomic mass is 10.1. The highest BCUT2D eigenvalue weighted by atomic mass is 16.5. The Kier molecular flexibility index (Phi) is 5.22. The summed E-state index contributed by atoms with van der Waals surface area (Å²) < 4.78 is 12.5. The molecule has 0 radical (unpaired) electrons. The monoisotopic (exact) mass is 289 g/mol. The van der Waals surface area contributed by atoms with Crippen molar-refractivity contribution in [3.63, 3.8) is 0 Å². The van der Waals surface area contributed by atoms with Gasteiger partial charge < -0.3 is 14.8 Å². The van der Waals surface area contributed by atoms with Gasteiger partial charge in [0.1, 0.15) is 0 Å². The van der Waals surface area contributed by atoms with Crippen molar-refractivity contribution in [2.45, 2.75) is 33.0 Å². The number of benzene rings is 1. The first-order valence-electron chi connectivity index (χ1n) is 7.14. The predicted molar refractivity (Wildman–Crippen MR) is 82.7 cm³/mol. The molecular formula is C16H23N3O2. The first kappa shape index (κ1) is 15.4. The van der Waals surface area contributed by atoms with Crippen molar-refractivity contribution >= 4 is 0 Å². The number of methoxy groups -OCH3 is 2. The van der Waals surface area contributed by atoms with Crippen LogP contribution in [0.5, 0.6) is 11.5 Å². The number of ether oxygens (including phenoxy) is 2. The molecule has 1 atom stereocenters. The molecule has 2 aromatic rings. The molecule has 21 heavy (non-hydrogen) atoms. The molecular weight excluding hydrogens is 266 g/mol. The number of nitrogens with zero attached hydrogens (tertiary/aromatic N) is 2. The van der Waals surface area contributed by atoms with Crippen LogP contribution in [0.3, 0.4) is 0 Å².